The predicted octanol–water partition coefficient (Wildman–Crippen LogP) is -0.624. The summed E-state index contributed by atoms with van der Waals surface area (Å²) in [4.78, 5) is 38.3. The van der Waals surface area contributed by atoms with Gasteiger partial charge in [0.15, 0.2) is 0 Å². The summed E-state index contributed by atoms with van der Waals surface area (Å²) in [6.07, 6.45) is 1.10. The second kappa shape index (κ2) is 6.43. The van der Waals surface area contributed by atoms with Crippen LogP contribution in [0.4, 0.5) is 0 Å². The number of hydrogen-bond acceptors (Lipinski definition) is 4. The van der Waals surface area contributed by atoms with Gasteiger partial charge >= 0.3 is 5.97 Å². The van der Waals surface area contributed by atoms with Gasteiger partial charge in [-0.15, -0.1) is 0 Å². The summed E-state index contributed by atoms with van der Waals surface area (Å²) in [6, 6.07) is -0.828. The van der Waals surface area contributed by atoms with Crippen LogP contribution in [0.1, 0.15) is 20.3 Å². The predicted molar refractivity (Wildman–Crippen MR) is 75.5 cm³/mol. The van der Waals surface area contributed by atoms with Crippen molar-refractivity contribution in [2.45, 2.75) is 26.3 Å². The zero-order valence-corrected chi connectivity index (χ0v) is 12.5. The third kappa shape index (κ3) is 3.93. The van der Waals surface area contributed by atoms with Crippen LogP contribution in [0, 0.1) is 11.8 Å². The third-order valence-corrected chi connectivity index (χ3v) is 4.13. The number of nitrogens with zero attached hydrogens (tertiary/aromatic N) is 2. The number of carbonyl (C=O) groups excluding carboxylic acids is 2. The lowest BCUT2D eigenvalue weighted by atomic mass is 9.92. The molecule has 0 radical (unpaired) electrons. The number of carboxylic acids is 1. The number of carbonyl (C=O) groups is 3. The van der Waals surface area contributed by atoms with E-state index >= 15 is 0 Å². The molecule has 0 bridgehead atoms. The number of aliphatic carboxylic acids is 1. The topological polar surface area (TPSA) is 90.0 Å². The molecule has 0 aromatic carbocycles. The molecule has 2 aliphatic rings. The highest BCUT2D eigenvalue weighted by atomic mass is 16.4. The number of carboxylic acid groups (broad SMARTS) is 1. The van der Waals surface area contributed by atoms with Gasteiger partial charge in [0.2, 0.25) is 11.8 Å². The van der Waals surface area contributed by atoms with Crippen molar-refractivity contribution in [3.8, 4) is 0 Å². The Labute approximate surface area is 124 Å². The summed E-state index contributed by atoms with van der Waals surface area (Å²) in [5.74, 6) is -0.423. The summed E-state index contributed by atoms with van der Waals surface area (Å²) < 4.78 is 0. The minimum atomic E-state index is -1.01. The zero-order valence-electron chi connectivity index (χ0n) is 12.5. The minimum absolute atomic E-state index is 0.0101. The Morgan fingerprint density at radius 2 is 1.90 bits per heavy atom. The molecule has 7 nitrogen and oxygen atoms in total. The van der Waals surface area contributed by atoms with E-state index in [1.54, 1.807) is 4.90 Å². The van der Waals surface area contributed by atoms with Crippen LogP contribution >= 0.6 is 0 Å². The van der Waals surface area contributed by atoms with Gasteiger partial charge in [-0.05, 0) is 18.3 Å². The Kier molecular flexibility index (Phi) is 4.82. The molecule has 2 fully saturated rings. The summed E-state index contributed by atoms with van der Waals surface area (Å²) in [7, 11) is 0. The largest absolute Gasteiger partial charge is 0.480 e. The van der Waals surface area contributed by atoms with Gasteiger partial charge in [0.05, 0.1) is 13.1 Å². The molecule has 118 valence electrons. The molecule has 3 atom stereocenters. The second-order valence-corrected chi connectivity index (χ2v) is 6.31. The van der Waals surface area contributed by atoms with E-state index in [1.807, 2.05) is 0 Å². The number of amides is 2. The van der Waals surface area contributed by atoms with E-state index in [4.69, 9.17) is 0 Å². The van der Waals surface area contributed by atoms with Crippen molar-refractivity contribution >= 4 is 17.8 Å². The van der Waals surface area contributed by atoms with Gasteiger partial charge < -0.3 is 15.3 Å². The Balaban J connectivity index is 1.99. The summed E-state index contributed by atoms with van der Waals surface area (Å²) in [5, 5.41) is 11.7. The molecule has 0 aromatic heterocycles. The smallest absolute Gasteiger partial charge is 0.322 e. The molecule has 2 rings (SSSR count). The molecule has 0 saturated carbocycles. The van der Waals surface area contributed by atoms with Gasteiger partial charge in [-0.3, -0.25) is 19.3 Å². The highest BCUT2D eigenvalue weighted by Crippen LogP contribution is 2.21. The van der Waals surface area contributed by atoms with Crippen LogP contribution in [0.25, 0.3) is 0 Å². The Hall–Kier alpha value is -1.63. The first kappa shape index (κ1) is 15.8. The maximum Gasteiger partial charge on any atom is 0.322 e. The fraction of sp³-hybridized carbons (Fsp3) is 0.786. The number of hydrogen-bond donors (Lipinski definition) is 2. The fourth-order valence-corrected chi connectivity index (χ4v) is 3.24. The molecule has 7 heteroatoms. The van der Waals surface area contributed by atoms with Gasteiger partial charge in [-0.25, -0.2) is 0 Å². The lowest BCUT2D eigenvalue weighted by Crippen LogP contribution is -2.60. The van der Waals surface area contributed by atoms with Crippen molar-refractivity contribution in [3.63, 3.8) is 0 Å². The van der Waals surface area contributed by atoms with Crippen molar-refractivity contribution < 1.29 is 19.5 Å². The van der Waals surface area contributed by atoms with E-state index in [9.17, 15) is 19.5 Å². The average molecular weight is 297 g/mol. The maximum absolute atomic E-state index is 12.4. The van der Waals surface area contributed by atoms with Crippen LogP contribution < -0.4 is 5.32 Å². The standard InChI is InChI=1S/C14H23N3O4/c1-9-3-10(2)6-17(5-9)13(19)8-16-7-12(18)15-4-11(16)14(20)21/h9-11H,3-8H2,1-2H3,(H,15,18)(H,20,21). The molecule has 2 N–H and O–H groups in total. The zero-order chi connectivity index (χ0) is 15.6. The fourth-order valence-electron chi connectivity index (χ4n) is 3.24. The molecular weight excluding hydrogens is 274 g/mol. The number of piperidine rings is 1. The summed E-state index contributed by atoms with van der Waals surface area (Å²) >= 11 is 0. The number of likely N-dealkylation sites (tertiary alicyclic amines) is 1. The first-order chi connectivity index (χ1) is 9.86. The van der Waals surface area contributed by atoms with E-state index in [0.29, 0.717) is 24.9 Å². The molecule has 2 aliphatic heterocycles. The van der Waals surface area contributed by atoms with Crippen LogP contribution in [0.3, 0.4) is 0 Å². The molecule has 3 unspecified atom stereocenters. The molecule has 2 saturated heterocycles. The number of rotatable bonds is 3. The van der Waals surface area contributed by atoms with Gasteiger partial charge in [-0.1, -0.05) is 13.8 Å². The Morgan fingerprint density at radius 1 is 1.29 bits per heavy atom. The van der Waals surface area contributed by atoms with Crippen molar-refractivity contribution in [1.82, 2.24) is 15.1 Å². The van der Waals surface area contributed by atoms with Crippen LogP contribution in [0.15, 0.2) is 0 Å². The van der Waals surface area contributed by atoms with E-state index in [1.165, 1.54) is 4.90 Å². The molecule has 0 aromatic rings. The van der Waals surface area contributed by atoms with Crippen molar-refractivity contribution in [2.24, 2.45) is 11.8 Å². The molecular formula is C14H23N3O4. The van der Waals surface area contributed by atoms with Crippen LogP contribution in [0.2, 0.25) is 0 Å². The quantitative estimate of drug-likeness (QED) is 0.724. The molecule has 2 amide bonds. The van der Waals surface area contributed by atoms with E-state index in [0.717, 1.165) is 6.42 Å². The lowest BCUT2D eigenvalue weighted by Gasteiger charge is -2.38. The summed E-state index contributed by atoms with van der Waals surface area (Å²) in [6.45, 7) is 5.65. The molecule has 21 heavy (non-hydrogen) atoms. The van der Waals surface area contributed by atoms with Gasteiger partial charge in [-0.2, -0.15) is 0 Å². The van der Waals surface area contributed by atoms with Crippen molar-refractivity contribution in [1.29, 1.82) is 0 Å². The van der Waals surface area contributed by atoms with Crippen molar-refractivity contribution in [2.75, 3.05) is 32.7 Å². The van der Waals surface area contributed by atoms with Gasteiger partial charge in [0.25, 0.3) is 0 Å². The number of piperazine rings is 1. The lowest BCUT2D eigenvalue weighted by molar-refractivity contribution is -0.148. The van der Waals surface area contributed by atoms with Crippen LogP contribution in [-0.2, 0) is 14.4 Å². The normalized spacial score (nSPS) is 30.9. The van der Waals surface area contributed by atoms with Crippen LogP contribution in [-0.4, -0.2) is 71.5 Å². The highest BCUT2D eigenvalue weighted by Gasteiger charge is 2.35. The van der Waals surface area contributed by atoms with E-state index < -0.39 is 12.0 Å². The first-order valence-electron chi connectivity index (χ1n) is 7.38. The monoisotopic (exact) mass is 297 g/mol. The molecule has 2 heterocycles. The molecule has 0 aliphatic carbocycles. The van der Waals surface area contributed by atoms with Crippen LogP contribution in [0.5, 0.6) is 0 Å². The third-order valence-electron chi connectivity index (χ3n) is 4.13. The number of nitrogens with one attached hydrogen (secondary N) is 1. The van der Waals surface area contributed by atoms with E-state index in [-0.39, 0.29) is 31.4 Å². The SMILES string of the molecule is CC1CC(C)CN(C(=O)CN2CC(=O)NCC2C(=O)O)C1. The molecule has 0 spiro atoms. The maximum atomic E-state index is 12.4. The van der Waals surface area contributed by atoms with Gasteiger partial charge in [0, 0.05) is 19.6 Å². The second-order valence-electron chi connectivity index (χ2n) is 6.31. The summed E-state index contributed by atoms with van der Waals surface area (Å²) in [5.41, 5.74) is 0. The Bertz CT molecular complexity index is 430. The first-order valence-corrected chi connectivity index (χ1v) is 7.38. The Morgan fingerprint density at radius 3 is 2.48 bits per heavy atom. The minimum Gasteiger partial charge on any atom is -0.480 e. The van der Waals surface area contributed by atoms with E-state index in [2.05, 4.69) is 19.2 Å². The highest BCUT2D eigenvalue weighted by molar-refractivity contribution is 5.85. The van der Waals surface area contributed by atoms with Crippen molar-refractivity contribution in [3.05, 3.63) is 0 Å². The average Bonchev–Trinajstić information content (AvgIpc) is 2.37. The van der Waals surface area contributed by atoms with Gasteiger partial charge in [0.1, 0.15) is 6.04 Å².